The molecule has 0 saturated heterocycles. The lowest BCUT2D eigenvalue weighted by Gasteiger charge is -1.95. The summed E-state index contributed by atoms with van der Waals surface area (Å²) in [5.41, 5.74) is 0.521. The summed E-state index contributed by atoms with van der Waals surface area (Å²) in [6.45, 7) is 0. The molecule has 1 N–H and O–H groups in total. The first kappa shape index (κ1) is 10.2. The summed E-state index contributed by atoms with van der Waals surface area (Å²) in [6.07, 6.45) is 4.58. The second-order valence-corrected chi connectivity index (χ2v) is 3.24. The Labute approximate surface area is 92.3 Å². The van der Waals surface area contributed by atoms with Crippen molar-refractivity contribution in [1.82, 2.24) is 0 Å². The summed E-state index contributed by atoms with van der Waals surface area (Å²) in [6, 6.07) is 10.7. The second kappa shape index (κ2) is 4.49. The maximum absolute atomic E-state index is 11.1. The van der Waals surface area contributed by atoms with Gasteiger partial charge in [0.15, 0.2) is 5.76 Å². The Hall–Kier alpha value is -2.29. The molecule has 80 valence electrons. The van der Waals surface area contributed by atoms with Crippen LogP contribution in [0.25, 0.3) is 12.2 Å². The third-order valence-electron chi connectivity index (χ3n) is 2.11. The lowest BCUT2D eigenvalue weighted by Crippen LogP contribution is -1.97. The minimum atomic E-state index is -0.445. The third kappa shape index (κ3) is 2.20. The Bertz CT molecular complexity index is 553. The van der Waals surface area contributed by atoms with Gasteiger partial charge in [0.25, 0.3) is 0 Å². The van der Waals surface area contributed by atoms with Gasteiger partial charge >= 0.3 is 0 Å². The molecule has 0 amide bonds. The highest BCUT2D eigenvalue weighted by Crippen LogP contribution is 2.14. The van der Waals surface area contributed by atoms with Crippen LogP contribution in [0, 0.1) is 0 Å². The van der Waals surface area contributed by atoms with Crippen LogP contribution < -0.4 is 5.43 Å². The van der Waals surface area contributed by atoms with E-state index in [1.165, 1.54) is 12.3 Å². The average molecular weight is 214 g/mol. The second-order valence-electron chi connectivity index (χ2n) is 3.24. The van der Waals surface area contributed by atoms with E-state index in [9.17, 15) is 9.90 Å². The van der Waals surface area contributed by atoms with Crippen LogP contribution in [0.2, 0.25) is 0 Å². The molecule has 0 aliphatic rings. The first-order valence-electron chi connectivity index (χ1n) is 4.81. The van der Waals surface area contributed by atoms with Crippen LogP contribution in [0.3, 0.4) is 0 Å². The minimum absolute atomic E-state index is 0.163. The molecule has 0 atom stereocenters. The summed E-state index contributed by atoms with van der Waals surface area (Å²) >= 11 is 0. The van der Waals surface area contributed by atoms with E-state index in [-0.39, 0.29) is 11.5 Å². The molecular formula is C13H10O3. The van der Waals surface area contributed by atoms with Gasteiger partial charge in [0.05, 0.1) is 6.26 Å². The first-order chi connectivity index (χ1) is 7.77. The summed E-state index contributed by atoms with van der Waals surface area (Å²) in [5, 5.41) is 9.42. The molecule has 0 spiro atoms. The Kier molecular flexibility index (Phi) is 2.87. The van der Waals surface area contributed by atoms with E-state index >= 15 is 0 Å². The Morgan fingerprint density at radius 3 is 2.56 bits per heavy atom. The smallest absolute Gasteiger partial charge is 0.227 e. The van der Waals surface area contributed by atoms with Gasteiger partial charge in [-0.05, 0) is 11.6 Å². The summed E-state index contributed by atoms with van der Waals surface area (Å²) in [7, 11) is 0. The maximum Gasteiger partial charge on any atom is 0.227 e. The van der Waals surface area contributed by atoms with Crippen LogP contribution in [-0.2, 0) is 0 Å². The third-order valence-corrected chi connectivity index (χ3v) is 2.11. The number of benzene rings is 1. The zero-order chi connectivity index (χ0) is 11.4. The molecule has 2 rings (SSSR count). The van der Waals surface area contributed by atoms with Crippen LogP contribution in [0.5, 0.6) is 5.75 Å². The van der Waals surface area contributed by atoms with E-state index in [0.717, 1.165) is 5.56 Å². The predicted molar refractivity (Wildman–Crippen MR) is 62.0 cm³/mol. The van der Waals surface area contributed by atoms with Crippen molar-refractivity contribution >= 4 is 12.2 Å². The number of hydrogen-bond donors (Lipinski definition) is 1. The van der Waals surface area contributed by atoms with Crippen molar-refractivity contribution < 1.29 is 9.52 Å². The zero-order valence-electron chi connectivity index (χ0n) is 8.46. The highest BCUT2D eigenvalue weighted by Gasteiger charge is 2.02. The largest absolute Gasteiger partial charge is 0.502 e. The van der Waals surface area contributed by atoms with Gasteiger partial charge in [-0.1, -0.05) is 36.4 Å². The molecule has 0 fully saturated rings. The number of rotatable bonds is 2. The van der Waals surface area contributed by atoms with Crippen LogP contribution >= 0.6 is 0 Å². The van der Waals surface area contributed by atoms with Crippen molar-refractivity contribution in [2.75, 3.05) is 0 Å². The van der Waals surface area contributed by atoms with Crippen molar-refractivity contribution in [3.8, 4) is 5.75 Å². The van der Waals surface area contributed by atoms with Crippen LogP contribution in [0.15, 0.2) is 51.9 Å². The van der Waals surface area contributed by atoms with E-state index in [0.29, 0.717) is 0 Å². The summed E-state index contributed by atoms with van der Waals surface area (Å²) in [5.74, 6) is -0.203. The highest BCUT2D eigenvalue weighted by molar-refractivity contribution is 5.69. The van der Waals surface area contributed by atoms with Gasteiger partial charge in [-0.3, -0.25) is 4.79 Å². The van der Waals surface area contributed by atoms with Gasteiger partial charge in [-0.2, -0.15) is 0 Å². The maximum atomic E-state index is 11.1. The monoisotopic (exact) mass is 214 g/mol. The number of aromatic hydroxyl groups is 1. The molecule has 3 heteroatoms. The van der Waals surface area contributed by atoms with Crippen LogP contribution in [-0.4, -0.2) is 5.11 Å². The van der Waals surface area contributed by atoms with Crippen molar-refractivity contribution in [3.05, 3.63) is 64.2 Å². The van der Waals surface area contributed by atoms with Crippen molar-refractivity contribution in [2.45, 2.75) is 0 Å². The Morgan fingerprint density at radius 1 is 1.06 bits per heavy atom. The molecule has 0 aliphatic heterocycles. The molecule has 3 nitrogen and oxygen atoms in total. The molecule has 0 aliphatic carbocycles. The summed E-state index contributed by atoms with van der Waals surface area (Å²) < 4.78 is 5.02. The lowest BCUT2D eigenvalue weighted by molar-refractivity contribution is 0.424. The van der Waals surface area contributed by atoms with E-state index in [4.69, 9.17) is 4.42 Å². The molecule has 16 heavy (non-hydrogen) atoms. The Balaban J connectivity index is 2.31. The van der Waals surface area contributed by atoms with E-state index in [2.05, 4.69) is 0 Å². The fourth-order valence-electron chi connectivity index (χ4n) is 1.28. The summed E-state index contributed by atoms with van der Waals surface area (Å²) in [4.78, 5) is 11.1. The van der Waals surface area contributed by atoms with Gasteiger partial charge in [-0.25, -0.2) is 0 Å². The van der Waals surface area contributed by atoms with E-state index < -0.39 is 5.43 Å². The van der Waals surface area contributed by atoms with Crippen molar-refractivity contribution in [1.29, 1.82) is 0 Å². The van der Waals surface area contributed by atoms with Gasteiger partial charge in [0.1, 0.15) is 0 Å². The van der Waals surface area contributed by atoms with Gasteiger partial charge < -0.3 is 9.52 Å². The normalized spacial score (nSPS) is 10.8. The molecule has 2 aromatic rings. The molecule has 0 radical (unpaired) electrons. The van der Waals surface area contributed by atoms with Crippen molar-refractivity contribution in [2.24, 2.45) is 0 Å². The number of hydrogen-bond acceptors (Lipinski definition) is 3. The quantitative estimate of drug-likeness (QED) is 0.835. The predicted octanol–water partition coefficient (Wildman–Crippen LogP) is 2.52. The van der Waals surface area contributed by atoms with E-state index in [1.807, 2.05) is 30.3 Å². The molecular weight excluding hydrogens is 204 g/mol. The van der Waals surface area contributed by atoms with Gasteiger partial charge in [0, 0.05) is 6.07 Å². The molecule has 1 aromatic carbocycles. The lowest BCUT2D eigenvalue weighted by atomic mass is 10.2. The molecule has 1 aromatic heterocycles. The van der Waals surface area contributed by atoms with Crippen LogP contribution in [0.4, 0.5) is 0 Å². The highest BCUT2D eigenvalue weighted by atomic mass is 16.4. The molecule has 0 saturated carbocycles. The Morgan fingerprint density at radius 2 is 1.81 bits per heavy atom. The fraction of sp³-hybridized carbons (Fsp3) is 0. The topological polar surface area (TPSA) is 50.4 Å². The standard InChI is InChI=1S/C13H10O3/c14-11-8-9-16-12(13(11)15)7-6-10-4-2-1-3-5-10/h1-9,15H/b7-6+. The zero-order valence-corrected chi connectivity index (χ0v) is 8.46. The SMILES string of the molecule is O=c1ccoc(/C=C/c2ccccc2)c1O. The van der Waals surface area contributed by atoms with Gasteiger partial charge in [-0.15, -0.1) is 0 Å². The van der Waals surface area contributed by atoms with E-state index in [1.54, 1.807) is 12.2 Å². The van der Waals surface area contributed by atoms with Crippen molar-refractivity contribution in [3.63, 3.8) is 0 Å². The fourth-order valence-corrected chi connectivity index (χ4v) is 1.28. The average Bonchev–Trinajstić information content (AvgIpc) is 2.32. The molecule has 1 heterocycles. The molecule has 0 unspecified atom stereocenters. The van der Waals surface area contributed by atoms with Crippen LogP contribution in [0.1, 0.15) is 11.3 Å². The molecule has 0 bridgehead atoms. The van der Waals surface area contributed by atoms with Gasteiger partial charge in [0.2, 0.25) is 11.2 Å². The minimum Gasteiger partial charge on any atom is -0.502 e. The first-order valence-corrected chi connectivity index (χ1v) is 4.81.